The van der Waals surface area contributed by atoms with E-state index in [1.807, 2.05) is 0 Å². The molecule has 0 aliphatic carbocycles. The number of alkyl halides is 6. The Morgan fingerprint density at radius 2 is 1.58 bits per heavy atom. The molecule has 0 bridgehead atoms. The van der Waals surface area contributed by atoms with E-state index in [0.717, 1.165) is 14.2 Å². The van der Waals surface area contributed by atoms with Crippen molar-refractivity contribution in [2.75, 3.05) is 20.4 Å². The highest BCUT2D eigenvalue weighted by Crippen LogP contribution is 2.46. The van der Waals surface area contributed by atoms with Crippen LogP contribution in [0.1, 0.15) is 11.1 Å². The van der Waals surface area contributed by atoms with Gasteiger partial charge >= 0.3 is 25.9 Å². The lowest BCUT2D eigenvalue weighted by molar-refractivity contribution is -0.144. The third kappa shape index (κ3) is 5.22. The number of esters is 1. The molecule has 0 fully saturated rings. The minimum Gasteiger partial charge on any atom is -0.425 e. The molecule has 0 heterocycles. The van der Waals surface area contributed by atoms with Crippen molar-refractivity contribution in [3.63, 3.8) is 0 Å². The van der Waals surface area contributed by atoms with Gasteiger partial charge in [-0.15, -0.1) is 0 Å². The van der Waals surface area contributed by atoms with Crippen LogP contribution < -0.4 is 4.74 Å². The van der Waals surface area contributed by atoms with Gasteiger partial charge in [-0.2, -0.15) is 26.3 Å². The first-order valence-electron chi connectivity index (χ1n) is 6.02. The molecule has 0 saturated carbocycles. The molecule has 0 aliphatic heterocycles. The molecule has 0 amide bonds. The smallest absolute Gasteiger partial charge is 0.420 e. The lowest BCUT2D eigenvalue weighted by Gasteiger charge is -2.17. The zero-order valence-corrected chi connectivity index (χ0v) is 13.1. The first-order valence-corrected chi connectivity index (χ1v) is 7.75. The van der Waals surface area contributed by atoms with Crippen LogP contribution in [0.25, 0.3) is 0 Å². The monoisotopic (exact) mass is 380 g/mol. The van der Waals surface area contributed by atoms with E-state index >= 15 is 0 Å². The van der Waals surface area contributed by atoms with Crippen LogP contribution >= 0.6 is 7.60 Å². The predicted octanol–water partition coefficient (Wildman–Crippen LogP) is 4.12. The Bertz CT molecular complexity index is 646. The summed E-state index contributed by atoms with van der Waals surface area (Å²) >= 11 is 0. The van der Waals surface area contributed by atoms with Crippen LogP contribution in [0.2, 0.25) is 0 Å². The molecule has 0 atom stereocenters. The van der Waals surface area contributed by atoms with E-state index in [2.05, 4.69) is 13.8 Å². The molecule has 0 N–H and O–H groups in total. The van der Waals surface area contributed by atoms with Gasteiger partial charge in [-0.25, -0.2) is 0 Å². The molecule has 1 aromatic carbocycles. The van der Waals surface area contributed by atoms with E-state index in [-0.39, 0.29) is 6.07 Å². The summed E-state index contributed by atoms with van der Waals surface area (Å²) in [7, 11) is -2.02. The fraction of sp³-hybridized carbons (Fsp3) is 0.417. The second-order valence-electron chi connectivity index (χ2n) is 4.31. The average Bonchev–Trinajstić information content (AvgIpc) is 2.45. The van der Waals surface area contributed by atoms with Gasteiger partial charge in [0.2, 0.25) is 0 Å². The molecule has 0 saturated heterocycles. The van der Waals surface area contributed by atoms with E-state index < -0.39 is 49.0 Å². The van der Waals surface area contributed by atoms with Crippen LogP contribution in [0.3, 0.4) is 0 Å². The topological polar surface area (TPSA) is 61.8 Å². The maximum Gasteiger partial charge on any atom is 0.420 e. The molecule has 0 aromatic heterocycles. The highest BCUT2D eigenvalue weighted by molar-refractivity contribution is 7.54. The number of hydrogen-bond donors (Lipinski definition) is 0. The molecule has 1 aromatic rings. The summed E-state index contributed by atoms with van der Waals surface area (Å²) in [5, 5.41) is 0. The van der Waals surface area contributed by atoms with Crippen molar-refractivity contribution in [1.29, 1.82) is 0 Å². The number of rotatable bonds is 5. The number of hydrogen-bond acceptors (Lipinski definition) is 5. The molecule has 0 spiro atoms. The van der Waals surface area contributed by atoms with Crippen LogP contribution in [0.5, 0.6) is 5.75 Å². The molecular formula is C12H11F6O5P. The third-order valence-electron chi connectivity index (χ3n) is 2.72. The first kappa shape index (κ1) is 20.5. The Hall–Kier alpha value is -1.58. The van der Waals surface area contributed by atoms with Gasteiger partial charge in [0.1, 0.15) is 11.9 Å². The van der Waals surface area contributed by atoms with Crippen LogP contribution in [0.15, 0.2) is 18.2 Å². The Balaban J connectivity index is 3.16. The Morgan fingerprint density at radius 1 is 1.04 bits per heavy atom. The van der Waals surface area contributed by atoms with Gasteiger partial charge in [0.15, 0.2) is 0 Å². The molecular weight excluding hydrogens is 369 g/mol. The molecule has 5 nitrogen and oxygen atoms in total. The zero-order chi connectivity index (χ0) is 18.8. The van der Waals surface area contributed by atoms with Gasteiger partial charge in [-0.3, -0.25) is 9.36 Å². The van der Waals surface area contributed by atoms with Gasteiger partial charge in [0.05, 0.1) is 11.1 Å². The quantitative estimate of drug-likeness (QED) is 0.333. The van der Waals surface area contributed by atoms with E-state index in [1.165, 1.54) is 0 Å². The van der Waals surface area contributed by atoms with Crippen molar-refractivity contribution in [1.82, 2.24) is 0 Å². The normalized spacial score (nSPS) is 13.0. The molecule has 0 aliphatic rings. The summed E-state index contributed by atoms with van der Waals surface area (Å²) in [6.45, 7) is 0. The van der Waals surface area contributed by atoms with Crippen molar-refractivity contribution in [3.05, 3.63) is 29.3 Å². The number of carbonyl (C=O) groups excluding carboxylic acids is 1. The van der Waals surface area contributed by atoms with E-state index in [0.29, 0.717) is 12.1 Å². The van der Waals surface area contributed by atoms with Crippen LogP contribution in [0.4, 0.5) is 26.3 Å². The lowest BCUT2D eigenvalue weighted by Crippen LogP contribution is -2.18. The van der Waals surface area contributed by atoms with Gasteiger partial charge in [-0.1, -0.05) is 0 Å². The predicted molar refractivity (Wildman–Crippen MR) is 68.6 cm³/mol. The minimum absolute atomic E-state index is 0.186. The summed E-state index contributed by atoms with van der Waals surface area (Å²) in [5.41, 5.74) is -3.36. The standard InChI is InChI=1S/C12H11F6O5P/c1-21-24(20,22-2)6-10(19)23-9-4-3-7(11(13,14)15)5-8(9)12(16,17)18/h3-5H,6H2,1-2H3. The van der Waals surface area contributed by atoms with Crippen molar-refractivity contribution in [2.45, 2.75) is 12.4 Å². The van der Waals surface area contributed by atoms with Crippen LogP contribution in [-0.2, 0) is 30.8 Å². The number of benzene rings is 1. The second kappa shape index (κ2) is 7.12. The Morgan fingerprint density at radius 3 is 2.00 bits per heavy atom. The molecule has 12 heteroatoms. The average molecular weight is 380 g/mol. The maximum absolute atomic E-state index is 12.9. The van der Waals surface area contributed by atoms with E-state index in [9.17, 15) is 35.7 Å². The van der Waals surface area contributed by atoms with Gasteiger partial charge in [-0.05, 0) is 18.2 Å². The SMILES string of the molecule is COP(=O)(CC(=O)Oc1ccc(C(F)(F)F)cc1C(F)(F)F)OC. The second-order valence-corrected chi connectivity index (χ2v) is 6.58. The summed E-state index contributed by atoms with van der Waals surface area (Å²) in [4.78, 5) is 11.6. The number of halogens is 6. The minimum atomic E-state index is -5.21. The zero-order valence-electron chi connectivity index (χ0n) is 12.2. The first-order chi connectivity index (χ1) is 10.8. The fourth-order valence-electron chi connectivity index (χ4n) is 1.53. The van der Waals surface area contributed by atoms with Crippen molar-refractivity contribution >= 4 is 13.6 Å². The number of ether oxygens (including phenoxy) is 1. The van der Waals surface area contributed by atoms with E-state index in [1.54, 1.807) is 0 Å². The lowest BCUT2D eigenvalue weighted by atomic mass is 10.1. The molecule has 1 rings (SSSR count). The highest BCUT2D eigenvalue weighted by Gasteiger charge is 2.39. The molecule has 0 unspecified atom stereocenters. The van der Waals surface area contributed by atoms with Crippen LogP contribution in [-0.4, -0.2) is 26.4 Å². The summed E-state index contributed by atoms with van der Waals surface area (Å²) in [5.74, 6) is -2.58. The van der Waals surface area contributed by atoms with Crippen LogP contribution in [0, 0.1) is 0 Å². The fourth-order valence-corrected chi connectivity index (χ4v) is 2.32. The summed E-state index contributed by atoms with van der Waals surface area (Å²) in [6, 6.07) is 0.493. The summed E-state index contributed by atoms with van der Waals surface area (Å²) in [6.07, 6.45) is -11.2. The molecule has 136 valence electrons. The Labute approximate surface area is 132 Å². The largest absolute Gasteiger partial charge is 0.425 e. The van der Waals surface area contributed by atoms with Gasteiger partial charge in [0, 0.05) is 14.2 Å². The van der Waals surface area contributed by atoms with E-state index in [4.69, 9.17) is 0 Å². The van der Waals surface area contributed by atoms with Crippen molar-refractivity contribution in [3.8, 4) is 5.75 Å². The Kier molecular flexibility index (Phi) is 6.07. The highest BCUT2D eigenvalue weighted by atomic mass is 31.2. The van der Waals surface area contributed by atoms with Gasteiger partial charge < -0.3 is 13.8 Å². The summed E-state index contributed by atoms with van der Waals surface area (Å²) < 4.78 is 101. The van der Waals surface area contributed by atoms with Gasteiger partial charge in [0.25, 0.3) is 0 Å². The third-order valence-corrected chi connectivity index (χ3v) is 4.47. The van der Waals surface area contributed by atoms with Crippen molar-refractivity contribution in [2.24, 2.45) is 0 Å². The number of carbonyl (C=O) groups is 1. The molecule has 0 radical (unpaired) electrons. The maximum atomic E-state index is 12.9. The van der Waals surface area contributed by atoms with Crippen molar-refractivity contribution < 1.29 is 49.5 Å². The molecule has 24 heavy (non-hydrogen) atoms.